The number of aryl methyl sites for hydroxylation is 1. The monoisotopic (exact) mass is 963 g/mol. The summed E-state index contributed by atoms with van der Waals surface area (Å²) in [4.78, 5) is 9.42. The maximum absolute atomic E-state index is 13.4. The van der Waals surface area contributed by atoms with Gasteiger partial charge >= 0.3 is 0 Å². The molecule has 0 spiro atoms. The van der Waals surface area contributed by atoms with Crippen LogP contribution in [0.1, 0.15) is 51.3 Å². The van der Waals surface area contributed by atoms with Crippen molar-refractivity contribution in [1.29, 1.82) is 0 Å². The van der Waals surface area contributed by atoms with Gasteiger partial charge in [0, 0.05) is 43.0 Å². The predicted molar refractivity (Wildman–Crippen MR) is 242 cm³/mol. The van der Waals surface area contributed by atoms with Gasteiger partial charge < -0.3 is 9.97 Å². The topological polar surface area (TPSA) is 25.8 Å². The van der Waals surface area contributed by atoms with Crippen LogP contribution in [-0.4, -0.2) is 18.0 Å². The minimum Gasteiger partial charge on any atom is -0.305 e. The number of pyridine rings is 2. The zero-order valence-electron chi connectivity index (χ0n) is 34.5. The van der Waals surface area contributed by atoms with Gasteiger partial charge in [-0.1, -0.05) is 144 Å². The fourth-order valence-corrected chi connectivity index (χ4v) is 10.5. The zero-order valence-corrected chi connectivity index (χ0v) is 38.7. The molecule has 0 atom stereocenters. The van der Waals surface area contributed by atoms with Gasteiger partial charge in [0.15, 0.2) is 0 Å². The molecule has 0 unspecified atom stereocenters. The normalized spacial score (nSPS) is 11.8. The van der Waals surface area contributed by atoms with Crippen LogP contribution in [0.4, 0.5) is 4.39 Å². The summed E-state index contributed by atoms with van der Waals surface area (Å²) in [5, 5.41) is 6.54. The minimum atomic E-state index is -1.43. The Labute approximate surface area is 357 Å². The van der Waals surface area contributed by atoms with Crippen molar-refractivity contribution >= 4 is 55.5 Å². The summed E-state index contributed by atoms with van der Waals surface area (Å²) < 4.78 is 16.0. The van der Waals surface area contributed by atoms with Crippen molar-refractivity contribution in [2.24, 2.45) is 11.3 Å². The molecule has 0 N–H and O–H groups in total. The standard InChI is InChI=1S/C33H28NS.C18H23FNSi.Ir/c1-21-20-34-30(18-23(21)19-33(2,3)4)29-17-9-16-28-27-15-8-14-26(31(27)35-32(28)29)25-13-7-11-22-10-5-6-12-24(22)25;1-13(2)9-15-11-17(14-7-6-8-16(19)10-14)20-12-18(15)21(3,4)5;/h5-16,18,20H,19H2,1-4H3;6,8,10-13H,9H2,1-5H3;/q2*-1;. The Morgan fingerprint density at radius 2 is 1.37 bits per heavy atom. The average molecular weight is 963 g/mol. The van der Waals surface area contributed by atoms with Crippen LogP contribution in [-0.2, 0) is 32.9 Å². The van der Waals surface area contributed by atoms with Crippen LogP contribution in [0.25, 0.3) is 64.6 Å². The van der Waals surface area contributed by atoms with Gasteiger partial charge in [0.2, 0.25) is 0 Å². The second-order valence-electron chi connectivity index (χ2n) is 17.6. The summed E-state index contributed by atoms with van der Waals surface area (Å²) in [6.45, 7) is 20.5. The fourth-order valence-electron chi connectivity index (χ4n) is 7.61. The molecule has 0 aliphatic carbocycles. The molecule has 3 heterocycles. The molecular weight excluding hydrogens is 912 g/mol. The summed E-state index contributed by atoms with van der Waals surface area (Å²) >= 11 is 1.87. The molecule has 57 heavy (non-hydrogen) atoms. The molecule has 2 nitrogen and oxygen atoms in total. The van der Waals surface area contributed by atoms with E-state index >= 15 is 0 Å². The summed E-state index contributed by atoms with van der Waals surface area (Å²) in [6, 6.07) is 41.7. The molecule has 0 saturated carbocycles. The Kier molecular flexibility index (Phi) is 12.8. The van der Waals surface area contributed by atoms with Crippen LogP contribution in [0.5, 0.6) is 0 Å². The van der Waals surface area contributed by atoms with Crippen molar-refractivity contribution in [2.75, 3.05) is 0 Å². The van der Waals surface area contributed by atoms with E-state index in [-0.39, 0.29) is 31.3 Å². The molecule has 0 fully saturated rings. The molecule has 8 aromatic rings. The van der Waals surface area contributed by atoms with Gasteiger partial charge in [-0.25, -0.2) is 4.39 Å². The molecule has 1 radical (unpaired) electrons. The van der Waals surface area contributed by atoms with E-state index in [1.807, 2.05) is 23.7 Å². The van der Waals surface area contributed by atoms with Gasteiger partial charge in [-0.3, -0.25) is 0 Å². The Morgan fingerprint density at radius 3 is 2.11 bits per heavy atom. The van der Waals surface area contributed by atoms with Gasteiger partial charge in [0.25, 0.3) is 0 Å². The largest absolute Gasteiger partial charge is 0.305 e. The summed E-state index contributed by atoms with van der Waals surface area (Å²) in [7, 11) is -1.43. The third-order valence-corrected chi connectivity index (χ3v) is 13.5. The Morgan fingerprint density at radius 1 is 0.719 bits per heavy atom. The first-order chi connectivity index (χ1) is 26.7. The van der Waals surface area contributed by atoms with E-state index in [1.54, 1.807) is 6.07 Å². The van der Waals surface area contributed by atoms with Crippen LogP contribution < -0.4 is 5.19 Å². The van der Waals surface area contributed by atoms with Gasteiger partial charge in [0.05, 0.1) is 8.07 Å². The van der Waals surface area contributed by atoms with E-state index < -0.39 is 8.07 Å². The number of fused-ring (bicyclic) bond motifs is 4. The molecule has 3 aromatic heterocycles. The number of rotatable bonds is 7. The van der Waals surface area contributed by atoms with E-state index in [0.717, 1.165) is 35.4 Å². The first-order valence-corrected chi connectivity index (χ1v) is 23.9. The second kappa shape index (κ2) is 17.3. The third kappa shape index (κ3) is 9.53. The van der Waals surface area contributed by atoms with E-state index in [9.17, 15) is 4.39 Å². The SMILES string of the molecule is CC(C)Cc1cc(-c2[c-]ccc(F)c2)ncc1[Si](C)(C)C.Cc1cnc(-c2[c-]ccc3c2sc2c(-c4cccc5ccccc45)cccc23)cc1CC(C)(C)C.[Ir]. The summed E-state index contributed by atoms with van der Waals surface area (Å²) in [6.07, 6.45) is 6.09. The number of thiophene rings is 1. The molecular formula is C51H51FIrN2SSi-2. The smallest absolute Gasteiger partial charge is 0.0798 e. The number of aromatic nitrogens is 2. The van der Waals surface area contributed by atoms with E-state index in [1.165, 1.54) is 76.1 Å². The van der Waals surface area contributed by atoms with Gasteiger partial charge in [-0.15, -0.1) is 53.6 Å². The number of nitrogens with zero attached hydrogens (tertiary/aromatic N) is 2. The molecule has 6 heteroatoms. The first kappa shape index (κ1) is 42.3. The molecule has 0 bridgehead atoms. The van der Waals surface area contributed by atoms with Gasteiger partial charge in [-0.05, 0) is 85.2 Å². The predicted octanol–water partition coefficient (Wildman–Crippen LogP) is 14.1. The molecule has 0 aliphatic heterocycles. The maximum atomic E-state index is 13.4. The van der Waals surface area contributed by atoms with Crippen LogP contribution in [0.15, 0.2) is 116 Å². The van der Waals surface area contributed by atoms with Gasteiger partial charge in [-0.2, -0.15) is 11.3 Å². The Bertz CT molecular complexity index is 2680. The number of hydrogen-bond donors (Lipinski definition) is 0. The van der Waals surface area contributed by atoms with Crippen molar-refractivity contribution < 1.29 is 24.5 Å². The van der Waals surface area contributed by atoms with Crippen LogP contribution >= 0.6 is 11.3 Å². The maximum Gasteiger partial charge on any atom is 0.0798 e. The molecule has 0 saturated heterocycles. The van der Waals surface area contributed by atoms with Gasteiger partial charge in [0.1, 0.15) is 0 Å². The summed E-state index contributed by atoms with van der Waals surface area (Å²) in [5.41, 5.74) is 10.4. The van der Waals surface area contributed by atoms with E-state index in [4.69, 9.17) is 4.98 Å². The summed E-state index contributed by atoms with van der Waals surface area (Å²) in [5.74, 6) is 0.345. The molecule has 5 aromatic carbocycles. The van der Waals surface area contributed by atoms with Crippen molar-refractivity contribution in [2.45, 2.75) is 74.0 Å². The zero-order chi connectivity index (χ0) is 39.8. The second-order valence-corrected chi connectivity index (χ2v) is 23.7. The number of halogens is 1. The first-order valence-electron chi connectivity index (χ1n) is 19.6. The van der Waals surface area contributed by atoms with Crippen molar-refractivity contribution in [3.63, 3.8) is 0 Å². The third-order valence-electron chi connectivity index (χ3n) is 10.2. The van der Waals surface area contributed by atoms with E-state index in [2.05, 4.69) is 163 Å². The number of hydrogen-bond acceptors (Lipinski definition) is 3. The van der Waals surface area contributed by atoms with E-state index in [0.29, 0.717) is 5.92 Å². The van der Waals surface area contributed by atoms with Crippen molar-refractivity contribution in [1.82, 2.24) is 9.97 Å². The van der Waals surface area contributed by atoms with Crippen molar-refractivity contribution in [3.8, 4) is 33.6 Å². The molecule has 293 valence electrons. The fraction of sp³-hybridized carbons (Fsp3) is 0.255. The Hall–Kier alpha value is -4.32. The average Bonchev–Trinajstić information content (AvgIpc) is 3.54. The van der Waals surface area contributed by atoms with Crippen molar-refractivity contribution in [3.05, 3.63) is 150 Å². The van der Waals surface area contributed by atoms with Crippen LogP contribution in [0.2, 0.25) is 19.6 Å². The van der Waals surface area contributed by atoms with Crippen LogP contribution in [0, 0.1) is 36.2 Å². The Balaban J connectivity index is 0.000000215. The quantitative estimate of drug-likeness (QED) is 0.117. The van der Waals surface area contributed by atoms with Crippen LogP contribution in [0.3, 0.4) is 0 Å². The molecule has 0 amide bonds. The molecule has 0 aliphatic rings. The minimum absolute atomic E-state index is 0. The molecule has 8 rings (SSSR count). The number of benzene rings is 5.